The van der Waals surface area contributed by atoms with E-state index in [1.807, 2.05) is 18.0 Å². The van der Waals surface area contributed by atoms with Gasteiger partial charge in [0.2, 0.25) is 11.8 Å². The SMILES string of the molecule is CN1CC2(CC(=CC(=O)Nc3ccc4c(c3)NC(=O)CC4)c3ccc(C(F)(F)F)cc3O2)C1. The van der Waals surface area contributed by atoms with Crippen LogP contribution in [0.25, 0.3) is 5.57 Å². The summed E-state index contributed by atoms with van der Waals surface area (Å²) in [7, 11) is 1.90. The maximum atomic E-state index is 13.2. The minimum Gasteiger partial charge on any atom is -0.484 e. The first-order valence-corrected chi connectivity index (χ1v) is 10.6. The number of anilines is 2. The van der Waals surface area contributed by atoms with Crippen LogP contribution in [0.15, 0.2) is 42.5 Å². The molecule has 9 heteroatoms. The van der Waals surface area contributed by atoms with Crippen molar-refractivity contribution in [2.24, 2.45) is 0 Å². The lowest BCUT2D eigenvalue weighted by Gasteiger charge is -2.51. The first kappa shape index (κ1) is 21.5. The van der Waals surface area contributed by atoms with Crippen molar-refractivity contribution in [1.82, 2.24) is 4.90 Å². The van der Waals surface area contributed by atoms with Crippen molar-refractivity contribution in [1.29, 1.82) is 0 Å². The van der Waals surface area contributed by atoms with E-state index >= 15 is 0 Å². The van der Waals surface area contributed by atoms with Crippen molar-refractivity contribution >= 4 is 28.8 Å². The molecule has 6 nitrogen and oxygen atoms in total. The van der Waals surface area contributed by atoms with E-state index in [4.69, 9.17) is 4.74 Å². The molecule has 3 aliphatic rings. The number of hydrogen-bond donors (Lipinski definition) is 2. The standard InChI is InChI=1S/C24H22F3N3O3/c1-30-12-23(13-30)11-15(18-6-4-16(24(25,26)27)9-20(18)33-23)8-22(32)28-17-5-2-14-3-7-21(31)29-19(14)10-17/h2,4-6,8-10H,3,7,11-13H2,1H3,(H,28,32)(H,29,31). The average molecular weight is 457 g/mol. The Morgan fingerprint density at radius 3 is 2.70 bits per heavy atom. The van der Waals surface area contributed by atoms with Gasteiger partial charge in [-0.25, -0.2) is 0 Å². The molecule has 2 N–H and O–H groups in total. The number of carbonyl (C=O) groups is 2. The summed E-state index contributed by atoms with van der Waals surface area (Å²) in [6.07, 6.45) is -1.56. The van der Waals surface area contributed by atoms with Crippen LogP contribution >= 0.6 is 0 Å². The van der Waals surface area contributed by atoms with Crippen LogP contribution in [-0.4, -0.2) is 42.5 Å². The van der Waals surface area contributed by atoms with E-state index in [1.54, 1.807) is 12.1 Å². The first-order valence-electron chi connectivity index (χ1n) is 10.6. The number of likely N-dealkylation sites (N-methyl/N-ethyl adjacent to an activating group) is 1. The van der Waals surface area contributed by atoms with Gasteiger partial charge in [0.15, 0.2) is 0 Å². The van der Waals surface area contributed by atoms with Gasteiger partial charge in [0, 0.05) is 48.9 Å². The molecule has 2 aromatic rings. The maximum Gasteiger partial charge on any atom is 0.416 e. The van der Waals surface area contributed by atoms with Gasteiger partial charge in [0.25, 0.3) is 0 Å². The highest BCUT2D eigenvalue weighted by atomic mass is 19.4. The predicted molar refractivity (Wildman–Crippen MR) is 117 cm³/mol. The molecule has 1 spiro atoms. The molecule has 5 rings (SSSR count). The summed E-state index contributed by atoms with van der Waals surface area (Å²) in [4.78, 5) is 26.5. The minimum atomic E-state index is -4.48. The van der Waals surface area contributed by atoms with Gasteiger partial charge in [-0.3, -0.25) is 14.5 Å². The highest BCUT2D eigenvalue weighted by Crippen LogP contribution is 2.46. The predicted octanol–water partition coefficient (Wildman–Crippen LogP) is 4.08. The Hall–Kier alpha value is -3.33. The molecule has 0 saturated carbocycles. The van der Waals surface area contributed by atoms with E-state index in [-0.39, 0.29) is 11.7 Å². The number of benzene rings is 2. The summed E-state index contributed by atoms with van der Waals surface area (Å²) < 4.78 is 45.7. The second-order valence-electron chi connectivity index (χ2n) is 8.92. The van der Waals surface area contributed by atoms with Gasteiger partial charge in [-0.05, 0) is 48.9 Å². The van der Waals surface area contributed by atoms with Crippen molar-refractivity contribution in [3.63, 3.8) is 0 Å². The molecular weight excluding hydrogens is 435 g/mol. The smallest absolute Gasteiger partial charge is 0.416 e. The number of aryl methyl sites for hydroxylation is 1. The first-order chi connectivity index (χ1) is 15.6. The lowest BCUT2D eigenvalue weighted by molar-refractivity contribution is -0.138. The molecule has 0 radical (unpaired) electrons. The summed E-state index contributed by atoms with van der Waals surface area (Å²) in [6.45, 7) is 1.12. The van der Waals surface area contributed by atoms with Crippen LogP contribution in [0.1, 0.15) is 29.5 Å². The second-order valence-corrected chi connectivity index (χ2v) is 8.92. The van der Waals surface area contributed by atoms with E-state index in [0.29, 0.717) is 54.9 Å². The molecule has 0 atom stereocenters. The number of halogens is 3. The zero-order valence-electron chi connectivity index (χ0n) is 17.9. The van der Waals surface area contributed by atoms with Crippen LogP contribution in [0.3, 0.4) is 0 Å². The van der Waals surface area contributed by atoms with E-state index in [1.165, 1.54) is 12.1 Å². The molecule has 172 valence electrons. The lowest BCUT2D eigenvalue weighted by Crippen LogP contribution is -2.64. The van der Waals surface area contributed by atoms with Gasteiger partial charge in [0.05, 0.1) is 5.56 Å². The summed E-state index contributed by atoms with van der Waals surface area (Å²) >= 11 is 0. The van der Waals surface area contributed by atoms with Crippen LogP contribution in [0.5, 0.6) is 5.75 Å². The Kier molecular flexibility index (Phi) is 4.97. The number of carbonyl (C=O) groups excluding carboxylic acids is 2. The molecule has 1 fully saturated rings. The van der Waals surface area contributed by atoms with Crippen molar-refractivity contribution in [3.8, 4) is 5.75 Å². The zero-order chi connectivity index (χ0) is 23.4. The summed E-state index contributed by atoms with van der Waals surface area (Å²) in [5.74, 6) is -0.330. The van der Waals surface area contributed by atoms with Crippen molar-refractivity contribution < 1.29 is 27.5 Å². The number of amides is 2. The van der Waals surface area contributed by atoms with Crippen LogP contribution in [0.2, 0.25) is 0 Å². The molecule has 0 aromatic heterocycles. The van der Waals surface area contributed by atoms with E-state index in [2.05, 4.69) is 10.6 Å². The molecule has 33 heavy (non-hydrogen) atoms. The van der Waals surface area contributed by atoms with Gasteiger partial charge in [-0.15, -0.1) is 0 Å². The normalized spacial score (nSPS) is 20.4. The average Bonchev–Trinajstić information content (AvgIpc) is 2.71. The van der Waals surface area contributed by atoms with Gasteiger partial charge in [-0.2, -0.15) is 13.2 Å². The number of ether oxygens (including phenoxy) is 1. The summed E-state index contributed by atoms with van der Waals surface area (Å²) in [5.41, 5.74) is 1.87. The molecule has 2 aromatic carbocycles. The number of rotatable bonds is 2. The Labute approximate surface area is 188 Å². The number of nitrogens with one attached hydrogen (secondary N) is 2. The summed E-state index contributed by atoms with van der Waals surface area (Å²) in [6, 6.07) is 8.71. The molecule has 0 bridgehead atoms. The van der Waals surface area contributed by atoms with Crippen LogP contribution in [0, 0.1) is 0 Å². The molecule has 2 amide bonds. The fraction of sp³-hybridized carbons (Fsp3) is 0.333. The fourth-order valence-electron chi connectivity index (χ4n) is 4.79. The number of alkyl halides is 3. The quantitative estimate of drug-likeness (QED) is 0.667. The maximum absolute atomic E-state index is 13.2. The highest BCUT2D eigenvalue weighted by Gasteiger charge is 2.47. The molecule has 3 heterocycles. The molecule has 0 unspecified atom stereocenters. The van der Waals surface area contributed by atoms with Gasteiger partial charge in [-0.1, -0.05) is 12.1 Å². The van der Waals surface area contributed by atoms with Gasteiger partial charge < -0.3 is 15.4 Å². The minimum absolute atomic E-state index is 0.0686. The Balaban J connectivity index is 1.43. The topological polar surface area (TPSA) is 70.7 Å². The largest absolute Gasteiger partial charge is 0.484 e. The number of hydrogen-bond acceptors (Lipinski definition) is 4. The Morgan fingerprint density at radius 1 is 1.18 bits per heavy atom. The number of nitrogens with zero attached hydrogens (tertiary/aromatic N) is 1. The third-order valence-corrected chi connectivity index (χ3v) is 6.19. The lowest BCUT2D eigenvalue weighted by atomic mass is 9.81. The molecule has 1 saturated heterocycles. The summed E-state index contributed by atoms with van der Waals surface area (Å²) in [5, 5.41) is 5.59. The van der Waals surface area contributed by atoms with Gasteiger partial charge in [0.1, 0.15) is 11.4 Å². The number of fused-ring (bicyclic) bond motifs is 2. The third kappa shape index (κ3) is 4.20. The zero-order valence-corrected chi connectivity index (χ0v) is 17.9. The van der Waals surface area contributed by atoms with E-state index in [0.717, 1.165) is 17.7 Å². The second kappa shape index (κ2) is 7.62. The van der Waals surface area contributed by atoms with Crippen molar-refractivity contribution in [2.75, 3.05) is 30.8 Å². The highest BCUT2D eigenvalue weighted by molar-refractivity contribution is 6.05. The van der Waals surface area contributed by atoms with E-state index < -0.39 is 23.2 Å². The van der Waals surface area contributed by atoms with Gasteiger partial charge >= 0.3 is 6.18 Å². The Bertz CT molecular complexity index is 1180. The third-order valence-electron chi connectivity index (χ3n) is 6.19. The monoisotopic (exact) mass is 457 g/mol. The molecular formula is C24H22F3N3O3. The van der Waals surface area contributed by atoms with Crippen LogP contribution in [-0.2, 0) is 22.2 Å². The van der Waals surface area contributed by atoms with E-state index in [9.17, 15) is 22.8 Å². The van der Waals surface area contributed by atoms with Crippen molar-refractivity contribution in [3.05, 3.63) is 59.2 Å². The van der Waals surface area contributed by atoms with Crippen LogP contribution < -0.4 is 15.4 Å². The van der Waals surface area contributed by atoms with Crippen LogP contribution in [0.4, 0.5) is 24.5 Å². The fourth-order valence-corrected chi connectivity index (χ4v) is 4.79. The van der Waals surface area contributed by atoms with Crippen molar-refractivity contribution in [2.45, 2.75) is 31.0 Å². The molecule has 3 aliphatic heterocycles. The molecule has 0 aliphatic carbocycles. The number of likely N-dealkylation sites (tertiary alicyclic amines) is 1. The Morgan fingerprint density at radius 2 is 1.97 bits per heavy atom.